The van der Waals surface area contributed by atoms with Gasteiger partial charge in [-0.25, -0.2) is 4.98 Å². The third-order valence-corrected chi connectivity index (χ3v) is 3.15. The maximum absolute atomic E-state index is 5.26. The van der Waals surface area contributed by atoms with Gasteiger partial charge in [0.25, 0.3) is 0 Å². The van der Waals surface area contributed by atoms with E-state index in [4.69, 9.17) is 9.72 Å². The summed E-state index contributed by atoms with van der Waals surface area (Å²) in [6, 6.07) is 6.55. The second-order valence-corrected chi connectivity index (χ2v) is 5.07. The maximum atomic E-state index is 5.26. The summed E-state index contributed by atoms with van der Waals surface area (Å²) in [5, 5.41) is 3.44. The fourth-order valence-electron chi connectivity index (χ4n) is 2.19. The number of hydrogen-bond acceptors (Lipinski definition) is 3. The van der Waals surface area contributed by atoms with Crippen LogP contribution in [0.2, 0.25) is 0 Å². The van der Waals surface area contributed by atoms with Crippen molar-refractivity contribution in [2.24, 2.45) is 0 Å². The number of nitrogens with zero attached hydrogens (tertiary/aromatic N) is 2. The van der Waals surface area contributed by atoms with E-state index in [9.17, 15) is 0 Å². The highest BCUT2D eigenvalue weighted by Crippen LogP contribution is 2.22. The molecule has 2 rings (SSSR count). The number of benzene rings is 1. The minimum Gasteiger partial charge on any atom is -0.497 e. The van der Waals surface area contributed by atoms with Crippen molar-refractivity contribution < 1.29 is 4.74 Å². The molecule has 0 radical (unpaired) electrons. The van der Waals surface area contributed by atoms with Crippen LogP contribution in [0.1, 0.15) is 33.0 Å². The molecule has 19 heavy (non-hydrogen) atoms. The largest absolute Gasteiger partial charge is 0.497 e. The number of rotatable bonds is 6. The third kappa shape index (κ3) is 3.07. The molecule has 1 heterocycles. The van der Waals surface area contributed by atoms with E-state index in [0.717, 1.165) is 36.6 Å². The van der Waals surface area contributed by atoms with Crippen molar-refractivity contribution >= 4 is 11.0 Å². The number of ether oxygens (including phenoxy) is 1. The summed E-state index contributed by atoms with van der Waals surface area (Å²) in [7, 11) is 1.69. The number of nitrogens with one attached hydrogen (secondary N) is 1. The zero-order chi connectivity index (χ0) is 13.8. The third-order valence-electron chi connectivity index (χ3n) is 3.15. The van der Waals surface area contributed by atoms with Gasteiger partial charge >= 0.3 is 0 Å². The van der Waals surface area contributed by atoms with E-state index in [1.54, 1.807) is 7.11 Å². The first kappa shape index (κ1) is 13.9. The summed E-state index contributed by atoms with van der Waals surface area (Å²) in [6.07, 6.45) is 1.10. The van der Waals surface area contributed by atoms with Crippen LogP contribution < -0.4 is 10.1 Å². The molecule has 2 aromatic rings. The summed E-state index contributed by atoms with van der Waals surface area (Å²) in [5.41, 5.74) is 2.19. The number of aryl methyl sites for hydroxylation is 1. The Kier molecular flexibility index (Phi) is 4.43. The lowest BCUT2D eigenvalue weighted by atomic mass is 10.3. The molecule has 0 fully saturated rings. The average Bonchev–Trinajstić information content (AvgIpc) is 2.74. The fourth-order valence-corrected chi connectivity index (χ4v) is 2.19. The van der Waals surface area contributed by atoms with Crippen molar-refractivity contribution in [1.29, 1.82) is 0 Å². The monoisotopic (exact) mass is 261 g/mol. The first-order chi connectivity index (χ1) is 9.15. The van der Waals surface area contributed by atoms with E-state index in [1.165, 1.54) is 5.52 Å². The predicted molar refractivity (Wildman–Crippen MR) is 78.6 cm³/mol. The van der Waals surface area contributed by atoms with E-state index in [0.29, 0.717) is 6.04 Å². The molecule has 4 nitrogen and oxygen atoms in total. The van der Waals surface area contributed by atoms with Crippen LogP contribution in [0.3, 0.4) is 0 Å². The molecule has 0 saturated heterocycles. The zero-order valence-corrected chi connectivity index (χ0v) is 12.2. The van der Waals surface area contributed by atoms with E-state index < -0.39 is 0 Å². The SMILES string of the molecule is CCCn1c(CNC(C)C)nc2cc(OC)ccc21. The topological polar surface area (TPSA) is 39.1 Å². The molecule has 4 heteroatoms. The Bertz CT molecular complexity index is 546. The number of hydrogen-bond donors (Lipinski definition) is 1. The predicted octanol–water partition coefficient (Wildman–Crippen LogP) is 2.95. The van der Waals surface area contributed by atoms with Crippen molar-refractivity contribution in [2.45, 2.75) is 46.3 Å². The van der Waals surface area contributed by atoms with Gasteiger partial charge in [-0.05, 0) is 18.6 Å². The standard InChI is InChI=1S/C15H23N3O/c1-5-8-18-14-7-6-12(19-4)9-13(14)17-15(18)10-16-11(2)3/h6-7,9,11,16H,5,8,10H2,1-4H3. The van der Waals surface area contributed by atoms with Crippen molar-refractivity contribution in [3.8, 4) is 5.75 Å². The molecule has 0 saturated carbocycles. The van der Waals surface area contributed by atoms with Crippen LogP contribution in [0.5, 0.6) is 5.75 Å². The summed E-state index contributed by atoms with van der Waals surface area (Å²) >= 11 is 0. The Hall–Kier alpha value is -1.55. The molecule has 0 bridgehead atoms. The van der Waals surface area contributed by atoms with Crippen LogP contribution in [0.25, 0.3) is 11.0 Å². The Morgan fingerprint density at radius 3 is 2.79 bits per heavy atom. The molecule has 1 aromatic carbocycles. The first-order valence-electron chi connectivity index (χ1n) is 6.92. The fraction of sp³-hybridized carbons (Fsp3) is 0.533. The van der Waals surface area contributed by atoms with Crippen LogP contribution in [0, 0.1) is 0 Å². The van der Waals surface area contributed by atoms with E-state index >= 15 is 0 Å². The van der Waals surface area contributed by atoms with Crippen LogP contribution in [-0.2, 0) is 13.1 Å². The zero-order valence-electron chi connectivity index (χ0n) is 12.2. The van der Waals surface area contributed by atoms with Crippen molar-refractivity contribution in [2.75, 3.05) is 7.11 Å². The van der Waals surface area contributed by atoms with Gasteiger partial charge in [-0.3, -0.25) is 0 Å². The van der Waals surface area contributed by atoms with E-state index in [-0.39, 0.29) is 0 Å². The van der Waals surface area contributed by atoms with Crippen LogP contribution in [0.15, 0.2) is 18.2 Å². The quantitative estimate of drug-likeness (QED) is 0.869. The molecule has 0 aliphatic carbocycles. The molecule has 0 atom stereocenters. The van der Waals surface area contributed by atoms with E-state index in [1.807, 2.05) is 12.1 Å². The van der Waals surface area contributed by atoms with Crippen molar-refractivity contribution in [3.63, 3.8) is 0 Å². The molecular formula is C15H23N3O. The highest BCUT2D eigenvalue weighted by Gasteiger charge is 2.11. The highest BCUT2D eigenvalue weighted by molar-refractivity contribution is 5.77. The minimum atomic E-state index is 0.462. The van der Waals surface area contributed by atoms with Gasteiger partial charge in [0, 0.05) is 18.7 Å². The van der Waals surface area contributed by atoms with Gasteiger partial charge in [0.05, 0.1) is 24.7 Å². The average molecular weight is 261 g/mol. The minimum absolute atomic E-state index is 0.462. The summed E-state index contributed by atoms with van der Waals surface area (Å²) in [6.45, 7) is 8.29. The van der Waals surface area contributed by atoms with Crippen molar-refractivity contribution in [1.82, 2.24) is 14.9 Å². The van der Waals surface area contributed by atoms with Crippen LogP contribution >= 0.6 is 0 Å². The van der Waals surface area contributed by atoms with Gasteiger partial charge in [0.15, 0.2) is 0 Å². The summed E-state index contributed by atoms with van der Waals surface area (Å²) < 4.78 is 7.56. The molecule has 0 amide bonds. The first-order valence-corrected chi connectivity index (χ1v) is 6.92. The van der Waals surface area contributed by atoms with Gasteiger partial charge in [-0.15, -0.1) is 0 Å². The van der Waals surface area contributed by atoms with Crippen molar-refractivity contribution in [3.05, 3.63) is 24.0 Å². The summed E-state index contributed by atoms with van der Waals surface area (Å²) in [4.78, 5) is 4.73. The number of aromatic nitrogens is 2. The molecule has 104 valence electrons. The van der Waals surface area contributed by atoms with Gasteiger partial charge in [-0.1, -0.05) is 20.8 Å². The molecule has 0 unspecified atom stereocenters. The second kappa shape index (κ2) is 6.06. The van der Waals surface area contributed by atoms with Gasteiger partial charge < -0.3 is 14.6 Å². The maximum Gasteiger partial charge on any atom is 0.123 e. The number of imidazole rings is 1. The van der Waals surface area contributed by atoms with Crippen LogP contribution in [0.4, 0.5) is 0 Å². The number of fused-ring (bicyclic) bond motifs is 1. The summed E-state index contributed by atoms with van der Waals surface area (Å²) in [5.74, 6) is 1.95. The Labute approximate surface area is 114 Å². The Morgan fingerprint density at radius 2 is 2.16 bits per heavy atom. The highest BCUT2D eigenvalue weighted by atomic mass is 16.5. The smallest absolute Gasteiger partial charge is 0.123 e. The molecule has 0 aliphatic heterocycles. The van der Waals surface area contributed by atoms with Crippen LogP contribution in [-0.4, -0.2) is 22.7 Å². The number of methoxy groups -OCH3 is 1. The van der Waals surface area contributed by atoms with Gasteiger partial charge in [0.2, 0.25) is 0 Å². The second-order valence-electron chi connectivity index (χ2n) is 5.07. The normalized spacial score (nSPS) is 11.4. The molecule has 0 spiro atoms. The molecular weight excluding hydrogens is 238 g/mol. The van der Waals surface area contributed by atoms with E-state index in [2.05, 4.69) is 36.7 Å². The molecule has 0 aliphatic rings. The van der Waals surface area contributed by atoms with Gasteiger partial charge in [0.1, 0.15) is 11.6 Å². The lowest BCUT2D eigenvalue weighted by Gasteiger charge is -2.10. The lowest BCUT2D eigenvalue weighted by molar-refractivity contribution is 0.415. The Balaban J connectivity index is 2.40. The lowest BCUT2D eigenvalue weighted by Crippen LogP contribution is -2.24. The molecule has 1 N–H and O–H groups in total. The molecule has 1 aromatic heterocycles. The van der Waals surface area contributed by atoms with Gasteiger partial charge in [-0.2, -0.15) is 0 Å². The Morgan fingerprint density at radius 1 is 1.37 bits per heavy atom.